The predicted octanol–water partition coefficient (Wildman–Crippen LogP) is 3.19. The van der Waals surface area contributed by atoms with Gasteiger partial charge in [-0.3, -0.25) is 5.43 Å². The summed E-state index contributed by atoms with van der Waals surface area (Å²) in [5.41, 5.74) is 4.35. The number of nitrogens with one attached hydrogen (secondary N) is 1. The van der Waals surface area contributed by atoms with Crippen LogP contribution in [0.5, 0.6) is 0 Å². The normalized spacial score (nSPS) is 36.2. The van der Waals surface area contributed by atoms with Gasteiger partial charge in [-0.1, -0.05) is 27.2 Å². The number of hydrazine groups is 1. The Hall–Kier alpha value is -0.0800. The van der Waals surface area contributed by atoms with Crippen molar-refractivity contribution in [1.82, 2.24) is 10.4 Å². The van der Waals surface area contributed by atoms with E-state index in [2.05, 4.69) is 31.2 Å². The van der Waals surface area contributed by atoms with Crippen LogP contribution < -0.4 is 5.43 Å². The van der Waals surface area contributed by atoms with Crippen molar-refractivity contribution in [2.75, 3.05) is 13.1 Å². The molecule has 0 aromatic rings. The van der Waals surface area contributed by atoms with Gasteiger partial charge in [-0.2, -0.15) is 0 Å². The Labute approximate surface area is 101 Å². The molecular formula is C14H28N2. The third-order valence-corrected chi connectivity index (χ3v) is 4.40. The molecule has 0 aromatic heterocycles. The van der Waals surface area contributed by atoms with Crippen LogP contribution in [0.15, 0.2) is 0 Å². The molecule has 0 amide bonds. The number of hydrogen-bond acceptors (Lipinski definition) is 2. The lowest BCUT2D eigenvalue weighted by Gasteiger charge is -2.42. The van der Waals surface area contributed by atoms with E-state index in [1.54, 1.807) is 0 Å². The second-order valence-corrected chi connectivity index (χ2v) is 6.67. The van der Waals surface area contributed by atoms with E-state index in [-0.39, 0.29) is 0 Å². The largest absolute Gasteiger partial charge is 0.252 e. The van der Waals surface area contributed by atoms with Gasteiger partial charge in [0.05, 0.1) is 0 Å². The van der Waals surface area contributed by atoms with E-state index in [0.29, 0.717) is 5.41 Å². The van der Waals surface area contributed by atoms with Crippen LogP contribution in [0.3, 0.4) is 0 Å². The van der Waals surface area contributed by atoms with Gasteiger partial charge in [0.15, 0.2) is 0 Å². The van der Waals surface area contributed by atoms with Crippen LogP contribution in [-0.4, -0.2) is 24.1 Å². The first-order valence-electron chi connectivity index (χ1n) is 7.08. The molecular weight excluding hydrogens is 196 g/mol. The van der Waals surface area contributed by atoms with Crippen LogP contribution in [0.4, 0.5) is 0 Å². The molecule has 2 atom stereocenters. The lowest BCUT2D eigenvalue weighted by molar-refractivity contribution is 0.0629. The molecule has 2 aliphatic rings. The molecule has 2 fully saturated rings. The third-order valence-electron chi connectivity index (χ3n) is 4.40. The van der Waals surface area contributed by atoms with Crippen molar-refractivity contribution in [2.24, 2.45) is 11.3 Å². The Balaban J connectivity index is 1.81. The maximum atomic E-state index is 3.78. The van der Waals surface area contributed by atoms with Crippen molar-refractivity contribution in [1.29, 1.82) is 0 Å². The van der Waals surface area contributed by atoms with E-state index in [1.807, 2.05) is 0 Å². The molecule has 2 unspecified atom stereocenters. The van der Waals surface area contributed by atoms with Crippen molar-refractivity contribution in [3.05, 3.63) is 0 Å². The Morgan fingerprint density at radius 1 is 1.12 bits per heavy atom. The van der Waals surface area contributed by atoms with Crippen LogP contribution in [0.2, 0.25) is 0 Å². The van der Waals surface area contributed by atoms with Gasteiger partial charge >= 0.3 is 0 Å². The van der Waals surface area contributed by atoms with Gasteiger partial charge in [-0.15, -0.1) is 0 Å². The van der Waals surface area contributed by atoms with E-state index in [9.17, 15) is 0 Å². The minimum atomic E-state index is 0.569. The van der Waals surface area contributed by atoms with Gasteiger partial charge in [0.1, 0.15) is 0 Å². The number of piperidine rings is 1. The lowest BCUT2D eigenvalue weighted by atomic mass is 9.71. The fourth-order valence-electron chi connectivity index (χ4n) is 3.40. The predicted molar refractivity (Wildman–Crippen MR) is 69.1 cm³/mol. The molecule has 2 rings (SSSR count). The molecule has 1 saturated heterocycles. The Morgan fingerprint density at radius 2 is 1.81 bits per heavy atom. The zero-order valence-electron chi connectivity index (χ0n) is 11.3. The maximum absolute atomic E-state index is 3.78. The number of nitrogens with zero attached hydrogens (tertiary/aromatic N) is 1. The number of hydrogen-bond donors (Lipinski definition) is 1. The summed E-state index contributed by atoms with van der Waals surface area (Å²) in [5.74, 6) is 0.825. The molecule has 1 heterocycles. The van der Waals surface area contributed by atoms with Gasteiger partial charge in [-0.25, -0.2) is 5.01 Å². The zero-order valence-corrected chi connectivity index (χ0v) is 11.3. The molecule has 2 nitrogen and oxygen atoms in total. The van der Waals surface area contributed by atoms with Gasteiger partial charge in [0.25, 0.3) is 0 Å². The second-order valence-electron chi connectivity index (χ2n) is 6.67. The Kier molecular flexibility index (Phi) is 3.91. The van der Waals surface area contributed by atoms with E-state index in [4.69, 9.17) is 0 Å². The lowest BCUT2D eigenvalue weighted by Crippen LogP contribution is -2.51. The van der Waals surface area contributed by atoms with Crippen LogP contribution in [0.25, 0.3) is 0 Å². The minimum Gasteiger partial charge on any atom is -0.252 e. The van der Waals surface area contributed by atoms with Crippen LogP contribution in [-0.2, 0) is 0 Å². The van der Waals surface area contributed by atoms with Gasteiger partial charge < -0.3 is 0 Å². The highest BCUT2D eigenvalue weighted by molar-refractivity contribution is 4.86. The summed E-state index contributed by atoms with van der Waals surface area (Å²) in [4.78, 5) is 0. The summed E-state index contributed by atoms with van der Waals surface area (Å²) in [5, 5.41) is 2.48. The molecule has 1 aliphatic heterocycles. The molecule has 1 aliphatic carbocycles. The first-order chi connectivity index (χ1) is 7.57. The summed E-state index contributed by atoms with van der Waals surface area (Å²) < 4.78 is 0. The summed E-state index contributed by atoms with van der Waals surface area (Å²) >= 11 is 0. The average molecular weight is 224 g/mol. The SMILES string of the molecule is CC1CC(C)(C)CCC1NN1CCCCC1. The summed E-state index contributed by atoms with van der Waals surface area (Å²) in [7, 11) is 0. The van der Waals surface area contributed by atoms with E-state index >= 15 is 0 Å². The molecule has 2 heteroatoms. The number of rotatable bonds is 2. The van der Waals surface area contributed by atoms with Crippen molar-refractivity contribution in [3.63, 3.8) is 0 Å². The molecule has 16 heavy (non-hydrogen) atoms. The van der Waals surface area contributed by atoms with Crippen molar-refractivity contribution in [2.45, 2.75) is 65.3 Å². The third kappa shape index (κ3) is 3.21. The minimum absolute atomic E-state index is 0.569. The molecule has 0 radical (unpaired) electrons. The smallest absolute Gasteiger partial charge is 0.0241 e. The topological polar surface area (TPSA) is 15.3 Å². The fraction of sp³-hybridized carbons (Fsp3) is 1.00. The highest BCUT2D eigenvalue weighted by Crippen LogP contribution is 2.38. The molecule has 1 N–H and O–H groups in total. The van der Waals surface area contributed by atoms with Crippen LogP contribution in [0, 0.1) is 11.3 Å². The molecule has 94 valence electrons. The molecule has 0 bridgehead atoms. The first kappa shape index (κ1) is 12.4. The van der Waals surface area contributed by atoms with Crippen molar-refractivity contribution >= 4 is 0 Å². The van der Waals surface area contributed by atoms with Gasteiger partial charge in [-0.05, 0) is 43.4 Å². The molecule has 1 saturated carbocycles. The van der Waals surface area contributed by atoms with Crippen molar-refractivity contribution in [3.8, 4) is 0 Å². The maximum Gasteiger partial charge on any atom is 0.0241 e. The van der Waals surface area contributed by atoms with Crippen molar-refractivity contribution < 1.29 is 0 Å². The van der Waals surface area contributed by atoms with Gasteiger partial charge in [0, 0.05) is 19.1 Å². The summed E-state index contributed by atoms with van der Waals surface area (Å²) in [6, 6.07) is 0.728. The fourth-order valence-corrected chi connectivity index (χ4v) is 3.40. The highest BCUT2D eigenvalue weighted by atomic mass is 15.5. The summed E-state index contributed by atoms with van der Waals surface area (Å²) in [6.45, 7) is 9.77. The van der Waals surface area contributed by atoms with E-state index in [1.165, 1.54) is 51.6 Å². The molecule has 0 spiro atoms. The zero-order chi connectivity index (χ0) is 11.6. The van der Waals surface area contributed by atoms with Crippen LogP contribution >= 0.6 is 0 Å². The van der Waals surface area contributed by atoms with E-state index < -0.39 is 0 Å². The average Bonchev–Trinajstić information content (AvgIpc) is 2.23. The van der Waals surface area contributed by atoms with Gasteiger partial charge in [0.2, 0.25) is 0 Å². The van der Waals surface area contributed by atoms with E-state index in [0.717, 1.165) is 12.0 Å². The molecule has 0 aromatic carbocycles. The highest BCUT2D eigenvalue weighted by Gasteiger charge is 2.33. The second kappa shape index (κ2) is 5.05. The standard InChI is InChI=1S/C14H28N2/c1-12-11-14(2,3)8-7-13(12)15-16-9-5-4-6-10-16/h12-13,15H,4-11H2,1-3H3. The Morgan fingerprint density at radius 3 is 2.44 bits per heavy atom. The van der Waals surface area contributed by atoms with Crippen LogP contribution in [0.1, 0.15) is 59.3 Å². The monoisotopic (exact) mass is 224 g/mol. The summed E-state index contributed by atoms with van der Waals surface area (Å²) in [6.07, 6.45) is 8.27. The Bertz CT molecular complexity index is 219. The first-order valence-corrected chi connectivity index (χ1v) is 7.08. The quantitative estimate of drug-likeness (QED) is 0.775.